The summed E-state index contributed by atoms with van der Waals surface area (Å²) in [4.78, 5) is 12.7. The summed E-state index contributed by atoms with van der Waals surface area (Å²) < 4.78 is 0. The maximum Gasteiger partial charge on any atom is 0.125 e. The second kappa shape index (κ2) is 4.29. The molecule has 60 valence electrons. The van der Waals surface area contributed by atoms with Crippen LogP contribution in [0.3, 0.4) is 0 Å². The zero-order chi connectivity index (χ0) is 8.10. The van der Waals surface area contributed by atoms with E-state index in [-0.39, 0.29) is 0 Å². The fourth-order valence-corrected chi connectivity index (χ4v) is 2.06. The average molecular weight is 168 g/mol. The van der Waals surface area contributed by atoms with Gasteiger partial charge < -0.3 is 4.79 Å². The SMILES string of the molecule is CCCc1ccc(CC=O)s1. The molecule has 1 aromatic rings. The van der Waals surface area contributed by atoms with Gasteiger partial charge in [0, 0.05) is 16.2 Å². The molecule has 2 heteroatoms. The van der Waals surface area contributed by atoms with Gasteiger partial charge in [-0.3, -0.25) is 0 Å². The highest BCUT2D eigenvalue weighted by molar-refractivity contribution is 7.12. The largest absolute Gasteiger partial charge is 0.303 e. The van der Waals surface area contributed by atoms with Gasteiger partial charge in [0.1, 0.15) is 6.29 Å². The third kappa shape index (κ3) is 2.46. The molecule has 0 saturated carbocycles. The Labute approximate surface area is 71.1 Å². The van der Waals surface area contributed by atoms with Crippen LogP contribution in [-0.4, -0.2) is 6.29 Å². The summed E-state index contributed by atoms with van der Waals surface area (Å²) in [5.41, 5.74) is 0. The molecule has 0 aliphatic rings. The lowest BCUT2D eigenvalue weighted by atomic mass is 10.3. The molecule has 0 aliphatic carbocycles. The minimum absolute atomic E-state index is 0.578. The molecule has 0 radical (unpaired) electrons. The second-order valence-corrected chi connectivity index (χ2v) is 3.74. The predicted octanol–water partition coefficient (Wildman–Crippen LogP) is 2.44. The van der Waals surface area contributed by atoms with Gasteiger partial charge in [0.2, 0.25) is 0 Å². The number of aryl methyl sites for hydroxylation is 1. The van der Waals surface area contributed by atoms with Crippen LogP contribution in [0.2, 0.25) is 0 Å². The van der Waals surface area contributed by atoms with E-state index in [1.54, 1.807) is 11.3 Å². The van der Waals surface area contributed by atoms with Crippen LogP contribution in [0.25, 0.3) is 0 Å². The van der Waals surface area contributed by atoms with Crippen molar-refractivity contribution >= 4 is 17.6 Å². The lowest BCUT2D eigenvalue weighted by molar-refractivity contribution is -0.107. The number of thiophene rings is 1. The van der Waals surface area contributed by atoms with E-state index >= 15 is 0 Å². The molecule has 1 heterocycles. The molecule has 0 N–H and O–H groups in total. The summed E-state index contributed by atoms with van der Waals surface area (Å²) in [6, 6.07) is 4.16. The Morgan fingerprint density at radius 1 is 1.45 bits per heavy atom. The highest BCUT2D eigenvalue weighted by Gasteiger charge is 1.97. The monoisotopic (exact) mass is 168 g/mol. The van der Waals surface area contributed by atoms with Gasteiger partial charge in [-0.25, -0.2) is 0 Å². The Hall–Kier alpha value is -0.630. The van der Waals surface area contributed by atoms with Crippen molar-refractivity contribution in [3.05, 3.63) is 21.9 Å². The number of hydrogen-bond acceptors (Lipinski definition) is 2. The summed E-state index contributed by atoms with van der Waals surface area (Å²) in [6.45, 7) is 2.17. The van der Waals surface area contributed by atoms with Crippen molar-refractivity contribution < 1.29 is 4.79 Å². The first-order valence-corrected chi connectivity index (χ1v) is 4.69. The van der Waals surface area contributed by atoms with Crippen molar-refractivity contribution in [2.45, 2.75) is 26.2 Å². The average Bonchev–Trinajstić information content (AvgIpc) is 2.38. The molecule has 0 fully saturated rings. The minimum atomic E-state index is 0.578. The summed E-state index contributed by atoms with van der Waals surface area (Å²) in [6.07, 6.45) is 3.86. The second-order valence-electron chi connectivity index (χ2n) is 2.49. The van der Waals surface area contributed by atoms with Crippen molar-refractivity contribution in [1.29, 1.82) is 0 Å². The van der Waals surface area contributed by atoms with Crippen molar-refractivity contribution in [3.63, 3.8) is 0 Å². The van der Waals surface area contributed by atoms with E-state index < -0.39 is 0 Å². The molecule has 0 amide bonds. The van der Waals surface area contributed by atoms with Gasteiger partial charge in [0.05, 0.1) is 0 Å². The normalized spacial score (nSPS) is 9.91. The lowest BCUT2D eigenvalue weighted by Gasteiger charge is -1.88. The number of aldehydes is 1. The first-order valence-electron chi connectivity index (χ1n) is 3.88. The van der Waals surface area contributed by atoms with Gasteiger partial charge in [0.25, 0.3) is 0 Å². The van der Waals surface area contributed by atoms with Crippen LogP contribution in [0.4, 0.5) is 0 Å². The standard InChI is InChI=1S/C9H12OS/c1-2-3-8-4-5-9(11-8)6-7-10/h4-5,7H,2-3,6H2,1H3. The van der Waals surface area contributed by atoms with E-state index in [2.05, 4.69) is 13.0 Å². The molecule has 11 heavy (non-hydrogen) atoms. The Morgan fingerprint density at radius 2 is 2.18 bits per heavy atom. The molecule has 1 aromatic heterocycles. The molecule has 0 aliphatic heterocycles. The van der Waals surface area contributed by atoms with Crippen LogP contribution in [0.15, 0.2) is 12.1 Å². The van der Waals surface area contributed by atoms with Gasteiger partial charge in [-0.1, -0.05) is 13.3 Å². The maximum absolute atomic E-state index is 10.1. The van der Waals surface area contributed by atoms with Gasteiger partial charge in [-0.05, 0) is 18.6 Å². The number of carbonyl (C=O) groups is 1. The first kappa shape index (κ1) is 8.47. The number of hydrogen-bond donors (Lipinski definition) is 0. The van der Waals surface area contributed by atoms with Crippen LogP contribution in [-0.2, 0) is 17.6 Å². The van der Waals surface area contributed by atoms with E-state index in [1.807, 2.05) is 6.07 Å². The molecule has 0 bridgehead atoms. The summed E-state index contributed by atoms with van der Waals surface area (Å²) in [5, 5.41) is 0. The molecule has 1 nitrogen and oxygen atoms in total. The van der Waals surface area contributed by atoms with Crippen molar-refractivity contribution in [2.24, 2.45) is 0 Å². The molecule has 0 aromatic carbocycles. The summed E-state index contributed by atoms with van der Waals surface area (Å²) in [5.74, 6) is 0. The smallest absolute Gasteiger partial charge is 0.125 e. The lowest BCUT2D eigenvalue weighted by Crippen LogP contribution is -1.77. The molecule has 0 saturated heterocycles. The van der Waals surface area contributed by atoms with Gasteiger partial charge in [-0.15, -0.1) is 11.3 Å². The molecule has 0 unspecified atom stereocenters. The Morgan fingerprint density at radius 3 is 2.82 bits per heavy atom. The molecular weight excluding hydrogens is 156 g/mol. The van der Waals surface area contributed by atoms with Crippen LogP contribution in [0.5, 0.6) is 0 Å². The van der Waals surface area contributed by atoms with Crippen molar-refractivity contribution in [3.8, 4) is 0 Å². The maximum atomic E-state index is 10.1. The van der Waals surface area contributed by atoms with Crippen molar-refractivity contribution in [1.82, 2.24) is 0 Å². The van der Waals surface area contributed by atoms with E-state index in [9.17, 15) is 4.79 Å². The topological polar surface area (TPSA) is 17.1 Å². The Balaban J connectivity index is 2.57. The first-order chi connectivity index (χ1) is 5.36. The Bertz CT molecular complexity index is 227. The quantitative estimate of drug-likeness (QED) is 0.631. The predicted molar refractivity (Wildman–Crippen MR) is 48.1 cm³/mol. The summed E-state index contributed by atoms with van der Waals surface area (Å²) >= 11 is 1.75. The highest BCUT2D eigenvalue weighted by atomic mass is 32.1. The molecule has 1 rings (SSSR count). The zero-order valence-corrected chi connectivity index (χ0v) is 7.49. The van der Waals surface area contributed by atoms with E-state index in [0.29, 0.717) is 6.42 Å². The third-order valence-electron chi connectivity index (χ3n) is 1.50. The fraction of sp³-hybridized carbons (Fsp3) is 0.444. The van der Waals surface area contributed by atoms with Crippen LogP contribution in [0, 0.1) is 0 Å². The van der Waals surface area contributed by atoms with E-state index in [0.717, 1.165) is 12.7 Å². The minimum Gasteiger partial charge on any atom is -0.303 e. The van der Waals surface area contributed by atoms with Crippen LogP contribution >= 0.6 is 11.3 Å². The Kier molecular flexibility index (Phi) is 3.30. The fourth-order valence-electron chi connectivity index (χ4n) is 0.995. The number of carbonyl (C=O) groups excluding carboxylic acids is 1. The van der Waals surface area contributed by atoms with Crippen LogP contribution < -0.4 is 0 Å². The molecular formula is C9H12OS. The molecule has 0 spiro atoms. The van der Waals surface area contributed by atoms with Crippen molar-refractivity contribution in [2.75, 3.05) is 0 Å². The summed E-state index contributed by atoms with van der Waals surface area (Å²) in [7, 11) is 0. The highest BCUT2D eigenvalue weighted by Crippen LogP contribution is 2.17. The van der Waals surface area contributed by atoms with Gasteiger partial charge >= 0.3 is 0 Å². The third-order valence-corrected chi connectivity index (χ3v) is 2.67. The molecule has 0 atom stereocenters. The van der Waals surface area contributed by atoms with E-state index in [4.69, 9.17) is 0 Å². The number of rotatable bonds is 4. The van der Waals surface area contributed by atoms with Crippen LogP contribution in [0.1, 0.15) is 23.1 Å². The van der Waals surface area contributed by atoms with E-state index in [1.165, 1.54) is 16.2 Å². The van der Waals surface area contributed by atoms with Gasteiger partial charge in [-0.2, -0.15) is 0 Å². The zero-order valence-electron chi connectivity index (χ0n) is 6.67. The van der Waals surface area contributed by atoms with Gasteiger partial charge in [0.15, 0.2) is 0 Å².